The Labute approximate surface area is 272 Å². The number of alkyl halides is 3. The van der Waals surface area contributed by atoms with Crippen LogP contribution >= 0.6 is 0 Å². The Bertz CT molecular complexity index is 1570. The summed E-state index contributed by atoms with van der Waals surface area (Å²) in [5.74, 6) is 0.877. The zero-order chi connectivity index (χ0) is 33.1. The van der Waals surface area contributed by atoms with E-state index in [1.165, 1.54) is 37.8 Å². The number of carbonyl (C=O) groups excluding carboxylic acids is 2. The molecule has 2 atom stereocenters. The highest BCUT2D eigenvalue weighted by Crippen LogP contribution is 2.37. The zero-order valence-corrected chi connectivity index (χ0v) is 26.4. The smallest absolute Gasteiger partial charge is 0.418 e. The lowest BCUT2D eigenvalue weighted by molar-refractivity contribution is -0.206. The molecule has 3 fully saturated rings. The number of amides is 2. The number of carbonyl (C=O) groups is 2. The molecule has 2 saturated heterocycles. The summed E-state index contributed by atoms with van der Waals surface area (Å²) in [7, 11) is 0. The van der Waals surface area contributed by atoms with Gasteiger partial charge in [-0.1, -0.05) is 25.8 Å². The Balaban J connectivity index is 1.20. The predicted octanol–water partition coefficient (Wildman–Crippen LogP) is 6.04. The van der Waals surface area contributed by atoms with E-state index < -0.39 is 17.8 Å². The van der Waals surface area contributed by atoms with Crippen LogP contribution in [0.5, 0.6) is 11.5 Å². The number of nitrogens with zero attached hydrogens (tertiary/aromatic N) is 4. The van der Waals surface area contributed by atoms with Gasteiger partial charge in [-0.2, -0.15) is 23.4 Å². The molecule has 9 nitrogen and oxygen atoms in total. The van der Waals surface area contributed by atoms with Crippen molar-refractivity contribution in [2.45, 2.75) is 82.8 Å². The topological polar surface area (TPSA) is 108 Å². The third kappa shape index (κ3) is 7.76. The van der Waals surface area contributed by atoms with Crippen LogP contribution in [0.4, 0.5) is 13.2 Å². The van der Waals surface area contributed by atoms with Gasteiger partial charge in [0.25, 0.3) is 5.91 Å². The normalized spacial score (nSPS) is 20.5. The Morgan fingerprint density at radius 3 is 2.45 bits per heavy atom. The van der Waals surface area contributed by atoms with Gasteiger partial charge in [0.15, 0.2) is 6.10 Å². The molecular formula is C35H40F3N5O4. The van der Waals surface area contributed by atoms with E-state index in [0.717, 1.165) is 43.8 Å². The van der Waals surface area contributed by atoms with Crippen LogP contribution in [-0.2, 0) is 11.3 Å². The highest BCUT2D eigenvalue weighted by molar-refractivity contribution is 5.95. The summed E-state index contributed by atoms with van der Waals surface area (Å²) in [6.07, 6.45) is 0.923. The summed E-state index contributed by atoms with van der Waals surface area (Å²) in [6, 6.07) is 13.3. The molecule has 3 heterocycles. The first kappa shape index (κ1) is 32.9. The molecule has 0 spiro atoms. The molecule has 250 valence electrons. The summed E-state index contributed by atoms with van der Waals surface area (Å²) in [4.78, 5) is 30.3. The number of hydrogen-bond acceptors (Lipinski definition) is 7. The second-order valence-corrected chi connectivity index (χ2v) is 13.0. The molecule has 1 aliphatic carbocycles. The van der Waals surface area contributed by atoms with E-state index in [1.807, 2.05) is 13.0 Å². The molecule has 12 heteroatoms. The van der Waals surface area contributed by atoms with Crippen molar-refractivity contribution in [1.29, 1.82) is 0 Å². The molecule has 0 radical (unpaired) electrons. The maximum absolute atomic E-state index is 13.4. The first-order chi connectivity index (χ1) is 22.5. The van der Waals surface area contributed by atoms with Crippen molar-refractivity contribution in [1.82, 2.24) is 25.3 Å². The van der Waals surface area contributed by atoms with Crippen molar-refractivity contribution in [2.75, 3.05) is 19.6 Å². The molecule has 2 amide bonds. The zero-order valence-electron chi connectivity index (χ0n) is 26.4. The van der Waals surface area contributed by atoms with Crippen molar-refractivity contribution in [3.63, 3.8) is 0 Å². The van der Waals surface area contributed by atoms with E-state index in [1.54, 1.807) is 29.2 Å². The van der Waals surface area contributed by atoms with Crippen LogP contribution < -0.4 is 10.1 Å². The Morgan fingerprint density at radius 1 is 1.06 bits per heavy atom. The van der Waals surface area contributed by atoms with Crippen LogP contribution in [-0.4, -0.2) is 74.8 Å². The maximum Gasteiger partial charge on any atom is 0.418 e. The number of aliphatic hydroxyl groups is 1. The van der Waals surface area contributed by atoms with Crippen LogP contribution in [0.3, 0.4) is 0 Å². The molecule has 3 aromatic rings. The molecule has 6 rings (SSSR count). The third-order valence-electron chi connectivity index (χ3n) is 9.52. The predicted molar refractivity (Wildman–Crippen MR) is 169 cm³/mol. The van der Waals surface area contributed by atoms with Gasteiger partial charge in [-0.3, -0.25) is 9.59 Å². The average molecular weight is 652 g/mol. The van der Waals surface area contributed by atoms with Crippen LogP contribution in [0.2, 0.25) is 0 Å². The van der Waals surface area contributed by atoms with Gasteiger partial charge in [-0.05, 0) is 74.1 Å². The van der Waals surface area contributed by atoms with Gasteiger partial charge in [0.2, 0.25) is 5.91 Å². The van der Waals surface area contributed by atoms with Crippen molar-refractivity contribution in [2.24, 2.45) is 5.92 Å². The van der Waals surface area contributed by atoms with Crippen LogP contribution in [0.15, 0.2) is 54.7 Å². The molecule has 3 aliphatic rings. The summed E-state index contributed by atoms with van der Waals surface area (Å²) >= 11 is 0. The minimum absolute atomic E-state index is 0.0550. The van der Waals surface area contributed by atoms with E-state index in [0.29, 0.717) is 48.2 Å². The number of hydrogen-bond donors (Lipinski definition) is 2. The number of aliphatic hydroxyl groups excluding tert-OH is 1. The molecule has 2 N–H and O–H groups in total. The standard InChI is InChI=1S/C35H40F3N5O4/c1-22-18-31(44)43(20-22)21-25-7-6-24(34(46)40-26-13-16-42(17-14-26)27-4-2-3-5-27)19-30(25)47-28-10-8-23(9-11-28)32-29(12-15-39-41-32)33(45)35(36,37)38/h6-12,15,19,22,26-27,33,45H,2-5,13-14,16-18,20-21H2,1H3,(H,40,46). The van der Waals surface area contributed by atoms with E-state index in [4.69, 9.17) is 4.74 Å². The van der Waals surface area contributed by atoms with Gasteiger partial charge in [-0.25, -0.2) is 0 Å². The SMILES string of the molecule is CC1CC(=O)N(Cc2ccc(C(=O)NC3CCN(C4CCCC4)CC3)cc2Oc2ccc(-c3nnccc3C(O)C(F)(F)F)cc2)C1. The van der Waals surface area contributed by atoms with Crippen LogP contribution in [0, 0.1) is 5.92 Å². The fourth-order valence-electron chi connectivity index (χ4n) is 6.97. The molecule has 47 heavy (non-hydrogen) atoms. The van der Waals surface area contributed by atoms with Gasteiger partial charge in [-0.15, -0.1) is 0 Å². The van der Waals surface area contributed by atoms with E-state index in [9.17, 15) is 27.9 Å². The Morgan fingerprint density at radius 2 is 1.79 bits per heavy atom. The van der Waals surface area contributed by atoms with Gasteiger partial charge < -0.3 is 25.0 Å². The fourth-order valence-corrected chi connectivity index (χ4v) is 6.97. The number of ether oxygens (including phenoxy) is 1. The summed E-state index contributed by atoms with van der Waals surface area (Å²) in [6.45, 7) is 4.92. The first-order valence-electron chi connectivity index (χ1n) is 16.4. The number of rotatable bonds is 9. The van der Waals surface area contributed by atoms with Gasteiger partial charge in [0, 0.05) is 73.1 Å². The van der Waals surface area contributed by atoms with E-state index in [2.05, 4.69) is 20.4 Å². The number of aromatic nitrogens is 2. The van der Waals surface area contributed by atoms with Crippen molar-refractivity contribution >= 4 is 11.8 Å². The Kier molecular flexibility index (Phi) is 9.79. The number of piperidine rings is 1. The minimum atomic E-state index is -4.87. The summed E-state index contributed by atoms with van der Waals surface area (Å²) in [5.41, 5.74) is 0.968. The summed E-state index contributed by atoms with van der Waals surface area (Å²) in [5, 5.41) is 20.6. The molecule has 1 saturated carbocycles. The second-order valence-electron chi connectivity index (χ2n) is 13.0. The van der Waals surface area contributed by atoms with Gasteiger partial charge >= 0.3 is 6.18 Å². The lowest BCUT2D eigenvalue weighted by Gasteiger charge is -2.36. The molecule has 2 aromatic carbocycles. The van der Waals surface area contributed by atoms with E-state index in [-0.39, 0.29) is 29.5 Å². The number of nitrogens with one attached hydrogen (secondary N) is 1. The third-order valence-corrected chi connectivity index (χ3v) is 9.52. The Hall–Kier alpha value is -4.03. The first-order valence-corrected chi connectivity index (χ1v) is 16.4. The monoisotopic (exact) mass is 651 g/mol. The lowest BCUT2D eigenvalue weighted by atomic mass is 10.0. The van der Waals surface area contributed by atoms with Gasteiger partial charge in [0.05, 0.1) is 5.69 Å². The maximum atomic E-state index is 13.4. The molecule has 0 bridgehead atoms. The fraction of sp³-hybridized carbons (Fsp3) is 0.486. The lowest BCUT2D eigenvalue weighted by Crippen LogP contribution is -2.47. The largest absolute Gasteiger partial charge is 0.457 e. The quantitative estimate of drug-likeness (QED) is 0.291. The van der Waals surface area contributed by atoms with Crippen molar-refractivity contribution < 1.29 is 32.6 Å². The van der Waals surface area contributed by atoms with Gasteiger partial charge in [0.1, 0.15) is 11.5 Å². The van der Waals surface area contributed by atoms with Crippen LogP contribution in [0.1, 0.15) is 79.5 Å². The van der Waals surface area contributed by atoms with Crippen molar-refractivity contribution in [3.05, 3.63) is 71.4 Å². The molecule has 2 aliphatic heterocycles. The second kappa shape index (κ2) is 14.0. The average Bonchev–Trinajstić information content (AvgIpc) is 3.71. The molecular weight excluding hydrogens is 611 g/mol. The number of likely N-dealkylation sites (tertiary alicyclic amines) is 2. The molecule has 1 aromatic heterocycles. The van der Waals surface area contributed by atoms with Crippen molar-refractivity contribution in [3.8, 4) is 22.8 Å². The summed E-state index contributed by atoms with van der Waals surface area (Å²) < 4.78 is 46.1. The number of halogens is 3. The minimum Gasteiger partial charge on any atom is -0.457 e. The highest BCUT2D eigenvalue weighted by atomic mass is 19.4. The highest BCUT2D eigenvalue weighted by Gasteiger charge is 2.41. The molecule has 2 unspecified atom stereocenters. The van der Waals surface area contributed by atoms with E-state index >= 15 is 0 Å². The number of benzene rings is 2. The van der Waals surface area contributed by atoms with Crippen LogP contribution in [0.25, 0.3) is 11.3 Å².